The van der Waals surface area contributed by atoms with Crippen molar-refractivity contribution < 1.29 is 29.1 Å². The summed E-state index contributed by atoms with van der Waals surface area (Å²) in [6.45, 7) is 5.31. The van der Waals surface area contributed by atoms with E-state index in [0.717, 1.165) is 12.8 Å². The van der Waals surface area contributed by atoms with Gasteiger partial charge < -0.3 is 15.7 Å². The van der Waals surface area contributed by atoms with E-state index in [1.54, 1.807) is 24.3 Å². The van der Waals surface area contributed by atoms with Crippen LogP contribution in [0.5, 0.6) is 0 Å². The average molecular weight is 392 g/mol. The van der Waals surface area contributed by atoms with Crippen LogP contribution in [-0.2, 0) is 14.4 Å². The van der Waals surface area contributed by atoms with Crippen molar-refractivity contribution in [3.8, 4) is 0 Å². The summed E-state index contributed by atoms with van der Waals surface area (Å²) < 4.78 is 0. The number of nitrogens with one attached hydrogen (secondary N) is 2. The molecule has 1 rings (SSSR count). The third-order valence-electron chi connectivity index (χ3n) is 3.43. The Bertz CT molecular complexity index is 700. The summed E-state index contributed by atoms with van der Waals surface area (Å²) in [5.74, 6) is -1.87. The number of rotatable bonds is 10. The van der Waals surface area contributed by atoms with Gasteiger partial charge in [-0.15, -0.1) is 0 Å². The number of hydrogen-bond acceptors (Lipinski definition) is 5. The van der Waals surface area contributed by atoms with Gasteiger partial charge in [0.05, 0.1) is 6.67 Å². The van der Waals surface area contributed by atoms with E-state index in [1.165, 1.54) is 6.92 Å². The van der Waals surface area contributed by atoms with E-state index in [1.807, 2.05) is 13.8 Å². The van der Waals surface area contributed by atoms with Gasteiger partial charge >= 0.3 is 5.97 Å². The first kappa shape index (κ1) is 25.0. The first-order valence-corrected chi connectivity index (χ1v) is 9.10. The summed E-state index contributed by atoms with van der Waals surface area (Å²) in [6, 6.07) is 6.90. The van der Waals surface area contributed by atoms with Gasteiger partial charge in [-0.25, -0.2) is 0 Å². The Kier molecular flexibility index (Phi) is 12.6. The van der Waals surface area contributed by atoms with E-state index in [0.29, 0.717) is 24.0 Å². The number of hydrogen-bond donors (Lipinski definition) is 3. The second-order valence-corrected chi connectivity index (χ2v) is 6.01. The molecule has 0 spiro atoms. The molecule has 0 saturated carbocycles. The lowest BCUT2D eigenvalue weighted by Gasteiger charge is -2.05. The molecule has 0 fully saturated rings. The minimum absolute atomic E-state index is 0.00357. The lowest BCUT2D eigenvalue weighted by atomic mass is 10.0. The highest BCUT2D eigenvalue weighted by atomic mass is 16.4. The van der Waals surface area contributed by atoms with E-state index in [-0.39, 0.29) is 24.1 Å². The Labute approximate surface area is 164 Å². The monoisotopic (exact) mass is 392 g/mol. The first-order valence-electron chi connectivity index (χ1n) is 9.10. The second-order valence-electron chi connectivity index (χ2n) is 6.01. The minimum atomic E-state index is -1.19. The van der Waals surface area contributed by atoms with Crippen LogP contribution in [0.3, 0.4) is 0 Å². The number of Topliss-reactive ketones (excluding diaryl/α,β-unsaturated/α-hetero) is 2. The summed E-state index contributed by atoms with van der Waals surface area (Å²) in [5.41, 5.74) is 1.24. The number of carbonyl (C=O) groups excluding carboxylic acids is 4. The second kappa shape index (κ2) is 14.1. The van der Waals surface area contributed by atoms with Gasteiger partial charge in [0, 0.05) is 24.0 Å². The Hall–Kier alpha value is -3.03. The van der Waals surface area contributed by atoms with Gasteiger partial charge in [-0.1, -0.05) is 32.0 Å². The van der Waals surface area contributed by atoms with Crippen LogP contribution in [-0.4, -0.2) is 41.1 Å². The lowest BCUT2D eigenvalue weighted by Crippen LogP contribution is -2.37. The summed E-state index contributed by atoms with van der Waals surface area (Å²) in [7, 11) is 0. The van der Waals surface area contributed by atoms with Crippen LogP contribution in [0.4, 0.5) is 0 Å². The molecular weight excluding hydrogens is 364 g/mol. The van der Waals surface area contributed by atoms with Gasteiger partial charge in [-0.3, -0.25) is 24.0 Å². The predicted octanol–water partition coefficient (Wildman–Crippen LogP) is 2.32. The van der Waals surface area contributed by atoms with Gasteiger partial charge in [0.15, 0.2) is 11.6 Å². The highest BCUT2D eigenvalue weighted by Gasteiger charge is 2.07. The van der Waals surface area contributed by atoms with E-state index < -0.39 is 18.3 Å². The fraction of sp³-hybridized carbons (Fsp3) is 0.450. The summed E-state index contributed by atoms with van der Waals surface area (Å²) in [4.78, 5) is 54.3. The van der Waals surface area contributed by atoms with Gasteiger partial charge in [0.2, 0.25) is 11.8 Å². The molecule has 1 aromatic rings. The van der Waals surface area contributed by atoms with Crippen molar-refractivity contribution in [2.75, 3.05) is 6.67 Å². The van der Waals surface area contributed by atoms with Crippen molar-refractivity contribution in [2.45, 2.75) is 52.9 Å². The molecule has 1 aromatic carbocycles. The van der Waals surface area contributed by atoms with Crippen LogP contribution in [0, 0.1) is 0 Å². The van der Waals surface area contributed by atoms with Crippen LogP contribution in [0.2, 0.25) is 0 Å². The molecule has 0 unspecified atom stereocenters. The molecule has 0 heterocycles. The number of amides is 2. The van der Waals surface area contributed by atoms with Crippen LogP contribution in [0.25, 0.3) is 0 Å². The lowest BCUT2D eigenvalue weighted by molar-refractivity contribution is -0.140. The molecule has 8 heteroatoms. The molecule has 2 amide bonds. The SMILES string of the molecule is CCCC(=O)NCNC(=O)CC(=O)O.CCCC(=O)c1cccc(C(C)=O)c1. The molecule has 28 heavy (non-hydrogen) atoms. The molecule has 0 aliphatic carbocycles. The topological polar surface area (TPSA) is 130 Å². The summed E-state index contributed by atoms with van der Waals surface area (Å²) >= 11 is 0. The number of carboxylic acid groups (broad SMARTS) is 1. The maximum Gasteiger partial charge on any atom is 0.312 e. The van der Waals surface area contributed by atoms with Gasteiger partial charge in [-0.05, 0) is 25.8 Å². The maximum absolute atomic E-state index is 11.5. The number of ketones is 2. The van der Waals surface area contributed by atoms with Crippen molar-refractivity contribution in [2.24, 2.45) is 0 Å². The van der Waals surface area contributed by atoms with Gasteiger partial charge in [-0.2, -0.15) is 0 Å². The van der Waals surface area contributed by atoms with E-state index in [2.05, 4.69) is 10.6 Å². The smallest absolute Gasteiger partial charge is 0.312 e. The largest absolute Gasteiger partial charge is 0.481 e. The van der Waals surface area contributed by atoms with Crippen molar-refractivity contribution in [1.29, 1.82) is 0 Å². The normalized spacial score (nSPS) is 9.54. The number of carbonyl (C=O) groups is 5. The van der Waals surface area contributed by atoms with Crippen molar-refractivity contribution >= 4 is 29.4 Å². The highest BCUT2D eigenvalue weighted by Crippen LogP contribution is 2.09. The van der Waals surface area contributed by atoms with Gasteiger partial charge in [0.1, 0.15) is 6.42 Å². The fourth-order valence-electron chi connectivity index (χ4n) is 2.04. The zero-order valence-electron chi connectivity index (χ0n) is 16.5. The zero-order valence-corrected chi connectivity index (χ0v) is 16.5. The molecule has 0 radical (unpaired) electrons. The molecule has 0 saturated heterocycles. The number of carboxylic acids is 1. The Balaban J connectivity index is 0.000000521. The Morgan fingerprint density at radius 3 is 2.00 bits per heavy atom. The van der Waals surface area contributed by atoms with Crippen LogP contribution >= 0.6 is 0 Å². The number of benzene rings is 1. The Morgan fingerprint density at radius 2 is 1.46 bits per heavy atom. The summed E-state index contributed by atoms with van der Waals surface area (Å²) in [5, 5.41) is 12.9. The first-order chi connectivity index (χ1) is 13.2. The van der Waals surface area contributed by atoms with Crippen LogP contribution < -0.4 is 10.6 Å². The van der Waals surface area contributed by atoms with E-state index in [4.69, 9.17) is 5.11 Å². The number of aliphatic carboxylic acids is 1. The molecule has 0 aliphatic heterocycles. The molecule has 8 nitrogen and oxygen atoms in total. The molecule has 154 valence electrons. The van der Waals surface area contributed by atoms with Crippen molar-refractivity contribution in [3.05, 3.63) is 35.4 Å². The van der Waals surface area contributed by atoms with Gasteiger partial charge in [0.25, 0.3) is 0 Å². The maximum atomic E-state index is 11.5. The molecule has 0 bridgehead atoms. The average Bonchev–Trinajstić information content (AvgIpc) is 2.62. The summed E-state index contributed by atoms with van der Waals surface area (Å²) in [6.07, 6.45) is 1.93. The van der Waals surface area contributed by atoms with Crippen molar-refractivity contribution in [1.82, 2.24) is 10.6 Å². The Morgan fingerprint density at radius 1 is 0.893 bits per heavy atom. The highest BCUT2D eigenvalue weighted by molar-refractivity contribution is 6.00. The minimum Gasteiger partial charge on any atom is -0.481 e. The standard InChI is InChI=1S/C12H14O2.C8H14N2O4/c1-3-5-12(14)11-7-4-6-10(8-11)9(2)13;1-2-3-6(11)9-5-10-7(12)4-8(13)14/h4,6-8H,3,5H2,1-2H3;2-5H2,1H3,(H,9,11)(H,10,12)(H,13,14). The molecule has 0 aromatic heterocycles. The quantitative estimate of drug-likeness (QED) is 0.318. The van der Waals surface area contributed by atoms with E-state index in [9.17, 15) is 24.0 Å². The van der Waals surface area contributed by atoms with Crippen LogP contribution in [0.1, 0.15) is 73.6 Å². The van der Waals surface area contributed by atoms with Crippen molar-refractivity contribution in [3.63, 3.8) is 0 Å². The molecular formula is C20H28N2O6. The predicted molar refractivity (Wildman–Crippen MR) is 104 cm³/mol. The molecule has 3 N–H and O–H groups in total. The van der Waals surface area contributed by atoms with Crippen LogP contribution in [0.15, 0.2) is 24.3 Å². The van der Waals surface area contributed by atoms with E-state index >= 15 is 0 Å². The fourth-order valence-corrected chi connectivity index (χ4v) is 2.04. The third-order valence-corrected chi connectivity index (χ3v) is 3.43. The molecule has 0 atom stereocenters. The molecule has 0 aliphatic rings. The third kappa shape index (κ3) is 11.6. The zero-order chi connectivity index (χ0) is 21.5.